The molecule has 1 saturated carbocycles. The molecule has 1 amide bonds. The number of aliphatic carboxylic acids is 1. The zero-order valence-electron chi connectivity index (χ0n) is 22.4. The molecule has 4 N–H and O–H groups in total. The molecule has 7 heteroatoms. The van der Waals surface area contributed by atoms with Crippen LogP contribution in [0, 0.1) is 18.8 Å². The first-order valence-corrected chi connectivity index (χ1v) is 14.7. The van der Waals surface area contributed by atoms with E-state index in [4.69, 9.17) is 10.5 Å². The van der Waals surface area contributed by atoms with Gasteiger partial charge in [-0.25, -0.2) is 4.79 Å². The van der Waals surface area contributed by atoms with Crippen molar-refractivity contribution < 1.29 is 19.4 Å². The van der Waals surface area contributed by atoms with Crippen LogP contribution in [0.4, 0.5) is 0 Å². The van der Waals surface area contributed by atoms with Gasteiger partial charge >= 0.3 is 5.97 Å². The van der Waals surface area contributed by atoms with Crippen molar-refractivity contribution in [1.29, 1.82) is 0 Å². The number of aryl methyl sites for hydroxylation is 1. The van der Waals surface area contributed by atoms with E-state index in [2.05, 4.69) is 5.32 Å². The summed E-state index contributed by atoms with van der Waals surface area (Å²) in [5.74, 6) is 0.0963. The molecular formula is C30H42N2O4S. The van der Waals surface area contributed by atoms with Crippen LogP contribution >= 0.6 is 11.8 Å². The lowest BCUT2D eigenvalue weighted by Gasteiger charge is -2.30. The summed E-state index contributed by atoms with van der Waals surface area (Å²) in [6.45, 7) is 2.61. The van der Waals surface area contributed by atoms with Gasteiger partial charge in [0.15, 0.2) is 0 Å². The fraction of sp³-hybridized carbons (Fsp3) is 0.533. The van der Waals surface area contributed by atoms with E-state index in [-0.39, 0.29) is 17.9 Å². The molecule has 37 heavy (non-hydrogen) atoms. The zero-order valence-corrected chi connectivity index (χ0v) is 23.2. The first kappa shape index (κ1) is 29.2. The number of amides is 1. The minimum absolute atomic E-state index is 0.181. The van der Waals surface area contributed by atoms with Gasteiger partial charge in [-0.3, -0.25) is 4.79 Å². The zero-order chi connectivity index (χ0) is 26.8. The Balaban J connectivity index is 1.95. The number of rotatable bonds is 13. The van der Waals surface area contributed by atoms with Gasteiger partial charge in [-0.15, -0.1) is 0 Å². The van der Waals surface area contributed by atoms with Crippen molar-refractivity contribution in [2.45, 2.75) is 64.0 Å². The third-order valence-electron chi connectivity index (χ3n) is 7.57. The van der Waals surface area contributed by atoms with E-state index >= 15 is 0 Å². The second-order valence-corrected chi connectivity index (χ2v) is 11.2. The maximum Gasteiger partial charge on any atom is 0.326 e. The highest BCUT2D eigenvalue weighted by molar-refractivity contribution is 7.98. The van der Waals surface area contributed by atoms with Gasteiger partial charge in [-0.1, -0.05) is 62.4 Å². The van der Waals surface area contributed by atoms with Gasteiger partial charge in [0.05, 0.1) is 6.61 Å². The van der Waals surface area contributed by atoms with Gasteiger partial charge in [0.1, 0.15) is 6.04 Å². The quantitative estimate of drug-likeness (QED) is 0.303. The molecule has 0 heterocycles. The largest absolute Gasteiger partial charge is 0.480 e. The Bertz CT molecular complexity index is 1040. The Morgan fingerprint density at radius 2 is 1.86 bits per heavy atom. The second-order valence-electron chi connectivity index (χ2n) is 10.2. The van der Waals surface area contributed by atoms with Crippen LogP contribution in [-0.4, -0.2) is 48.8 Å². The molecule has 0 radical (unpaired) electrons. The van der Waals surface area contributed by atoms with Crippen molar-refractivity contribution in [3.8, 4) is 11.1 Å². The Morgan fingerprint density at radius 3 is 2.51 bits per heavy atom. The summed E-state index contributed by atoms with van der Waals surface area (Å²) in [5, 5.41) is 12.4. The predicted molar refractivity (Wildman–Crippen MR) is 152 cm³/mol. The van der Waals surface area contributed by atoms with Gasteiger partial charge in [0.25, 0.3) is 5.91 Å². The number of thioether (sulfide) groups is 1. The number of carboxylic acids is 1. The van der Waals surface area contributed by atoms with Crippen LogP contribution in [-0.2, 0) is 9.53 Å². The number of hydrogen-bond acceptors (Lipinski definition) is 5. The summed E-state index contributed by atoms with van der Waals surface area (Å²) in [6, 6.07) is 12.5. The van der Waals surface area contributed by atoms with E-state index in [0.29, 0.717) is 30.3 Å². The van der Waals surface area contributed by atoms with E-state index < -0.39 is 12.0 Å². The third kappa shape index (κ3) is 8.06. The molecule has 0 saturated heterocycles. The fourth-order valence-electron chi connectivity index (χ4n) is 5.45. The molecule has 3 atom stereocenters. The molecule has 202 valence electrons. The first-order chi connectivity index (χ1) is 17.8. The standard InChI is InChI=1S/C30H42N2O4S/c1-20-9-7-8-12-24(20)26-18-22(28(31)23(19-36-2)17-21-10-5-4-6-11-21)13-14-25(26)29(33)32-27(30(34)35)15-16-37-3/h7-9,12-14,18,21,23,27-28H,4-6,10-11,15-17,19,31H2,1-3H3,(H,32,33)(H,34,35). The molecule has 3 rings (SSSR count). The van der Waals surface area contributed by atoms with Crippen LogP contribution < -0.4 is 11.1 Å². The molecule has 3 unspecified atom stereocenters. The molecule has 0 aromatic heterocycles. The molecule has 0 aliphatic heterocycles. The Kier molecular flexibility index (Phi) is 11.5. The Morgan fingerprint density at radius 1 is 1.14 bits per heavy atom. The second kappa shape index (κ2) is 14.6. The molecule has 1 fully saturated rings. The van der Waals surface area contributed by atoms with Gasteiger partial charge in [0, 0.05) is 24.6 Å². The number of nitrogens with two attached hydrogens (primary N) is 1. The van der Waals surface area contributed by atoms with Gasteiger partial charge in [0.2, 0.25) is 0 Å². The molecule has 1 aliphatic rings. The summed E-state index contributed by atoms with van der Waals surface area (Å²) in [7, 11) is 1.72. The number of hydrogen-bond donors (Lipinski definition) is 3. The summed E-state index contributed by atoms with van der Waals surface area (Å²) < 4.78 is 5.58. The molecule has 0 bridgehead atoms. The molecule has 2 aromatic rings. The van der Waals surface area contributed by atoms with E-state index in [1.807, 2.05) is 49.6 Å². The lowest BCUT2D eigenvalue weighted by molar-refractivity contribution is -0.139. The topological polar surface area (TPSA) is 102 Å². The monoisotopic (exact) mass is 526 g/mol. The third-order valence-corrected chi connectivity index (χ3v) is 8.22. The van der Waals surface area contributed by atoms with Crippen LogP contribution in [0.2, 0.25) is 0 Å². The normalized spacial score (nSPS) is 16.6. The summed E-state index contributed by atoms with van der Waals surface area (Å²) in [5.41, 5.74) is 11.0. The summed E-state index contributed by atoms with van der Waals surface area (Å²) in [4.78, 5) is 25.1. The van der Waals surface area contributed by atoms with Gasteiger partial charge in [-0.2, -0.15) is 11.8 Å². The van der Waals surface area contributed by atoms with Gasteiger partial charge < -0.3 is 20.9 Å². The van der Waals surface area contributed by atoms with E-state index in [9.17, 15) is 14.7 Å². The minimum atomic E-state index is -1.02. The smallest absolute Gasteiger partial charge is 0.326 e. The lowest BCUT2D eigenvalue weighted by atomic mass is 9.79. The van der Waals surface area contributed by atoms with Gasteiger partial charge in [-0.05, 0) is 72.1 Å². The van der Waals surface area contributed by atoms with Crippen LogP contribution in [0.5, 0.6) is 0 Å². The van der Waals surface area contributed by atoms with Crippen LogP contribution in [0.25, 0.3) is 11.1 Å². The first-order valence-electron chi connectivity index (χ1n) is 13.3. The Hall–Kier alpha value is -2.35. The molecular weight excluding hydrogens is 484 g/mol. The molecule has 6 nitrogen and oxygen atoms in total. The summed E-state index contributed by atoms with van der Waals surface area (Å²) >= 11 is 1.56. The van der Waals surface area contributed by atoms with Crippen LogP contribution in [0.15, 0.2) is 42.5 Å². The fourth-order valence-corrected chi connectivity index (χ4v) is 5.92. The summed E-state index contributed by atoms with van der Waals surface area (Å²) in [6.07, 6.45) is 9.72. The van der Waals surface area contributed by atoms with Crippen molar-refractivity contribution in [2.75, 3.05) is 25.7 Å². The molecule has 1 aliphatic carbocycles. The number of carbonyl (C=O) groups excluding carboxylic acids is 1. The van der Waals surface area contributed by atoms with Crippen molar-refractivity contribution in [1.82, 2.24) is 5.32 Å². The number of methoxy groups -OCH3 is 1. The van der Waals surface area contributed by atoms with Crippen molar-refractivity contribution in [3.05, 3.63) is 59.2 Å². The van der Waals surface area contributed by atoms with Crippen molar-refractivity contribution >= 4 is 23.6 Å². The highest BCUT2D eigenvalue weighted by atomic mass is 32.2. The highest BCUT2D eigenvalue weighted by Gasteiger charge is 2.27. The Labute approximate surface area is 225 Å². The van der Waals surface area contributed by atoms with Crippen molar-refractivity contribution in [3.63, 3.8) is 0 Å². The number of carboxylic acid groups (broad SMARTS) is 1. The number of benzene rings is 2. The average Bonchev–Trinajstić information content (AvgIpc) is 2.90. The van der Waals surface area contributed by atoms with Crippen LogP contribution in [0.3, 0.4) is 0 Å². The minimum Gasteiger partial charge on any atom is -0.480 e. The van der Waals surface area contributed by atoms with E-state index in [1.54, 1.807) is 24.9 Å². The molecule has 2 aromatic carbocycles. The predicted octanol–water partition coefficient (Wildman–Crippen LogP) is 5.83. The maximum absolute atomic E-state index is 13.4. The lowest BCUT2D eigenvalue weighted by Crippen LogP contribution is -2.41. The van der Waals surface area contributed by atoms with Crippen LogP contribution in [0.1, 0.15) is 72.5 Å². The maximum atomic E-state index is 13.4. The number of ether oxygens (including phenoxy) is 1. The van der Waals surface area contributed by atoms with E-state index in [1.165, 1.54) is 32.1 Å². The van der Waals surface area contributed by atoms with E-state index in [0.717, 1.165) is 28.7 Å². The highest BCUT2D eigenvalue weighted by Crippen LogP contribution is 2.36. The molecule has 0 spiro atoms. The van der Waals surface area contributed by atoms with Crippen molar-refractivity contribution in [2.24, 2.45) is 17.6 Å². The average molecular weight is 527 g/mol. The number of nitrogens with one attached hydrogen (secondary N) is 1. The number of carbonyl (C=O) groups is 2. The SMILES string of the molecule is COCC(CC1CCCCC1)C(N)c1ccc(C(=O)NC(CCSC)C(=O)O)c(-c2ccccc2C)c1.